The first kappa shape index (κ1) is 12.6. The minimum Gasteiger partial charge on any atom is -0.389 e. The van der Waals surface area contributed by atoms with Gasteiger partial charge in [-0.05, 0) is 41.8 Å². The molecular weight excluding hydrogens is 248 g/mol. The van der Waals surface area contributed by atoms with Crippen molar-refractivity contribution >= 4 is 0 Å². The molecule has 3 heteroatoms. The van der Waals surface area contributed by atoms with Crippen molar-refractivity contribution in [2.24, 2.45) is 0 Å². The minimum absolute atomic E-state index is 0.453. The van der Waals surface area contributed by atoms with Crippen LogP contribution < -0.4 is 0 Å². The van der Waals surface area contributed by atoms with Gasteiger partial charge in [0.05, 0.1) is 11.8 Å². The van der Waals surface area contributed by atoms with E-state index in [4.69, 9.17) is 0 Å². The van der Waals surface area contributed by atoms with Gasteiger partial charge in [0.2, 0.25) is 0 Å². The van der Waals surface area contributed by atoms with Crippen LogP contribution in [0.5, 0.6) is 0 Å². The van der Waals surface area contributed by atoms with Gasteiger partial charge < -0.3 is 5.11 Å². The van der Waals surface area contributed by atoms with E-state index >= 15 is 0 Å². The molecule has 1 aromatic heterocycles. The van der Waals surface area contributed by atoms with E-state index in [0.717, 1.165) is 27.9 Å². The summed E-state index contributed by atoms with van der Waals surface area (Å²) in [5.74, 6) is 0. The minimum atomic E-state index is -0.453. The number of hydrogen-bond donors (Lipinski definition) is 2. The van der Waals surface area contributed by atoms with Gasteiger partial charge in [-0.25, -0.2) is 0 Å². The van der Waals surface area contributed by atoms with Crippen LogP contribution in [0.2, 0.25) is 0 Å². The lowest BCUT2D eigenvalue weighted by Crippen LogP contribution is -1.91. The van der Waals surface area contributed by atoms with Crippen LogP contribution in [-0.4, -0.2) is 15.3 Å². The van der Waals surface area contributed by atoms with Gasteiger partial charge in [0.1, 0.15) is 0 Å². The van der Waals surface area contributed by atoms with E-state index < -0.39 is 6.10 Å². The van der Waals surface area contributed by atoms with Crippen LogP contribution in [0.15, 0.2) is 60.8 Å². The van der Waals surface area contributed by atoms with E-state index in [2.05, 4.69) is 34.5 Å². The van der Waals surface area contributed by atoms with Crippen LogP contribution in [0.25, 0.3) is 22.4 Å². The Labute approximate surface area is 117 Å². The fourth-order valence-corrected chi connectivity index (χ4v) is 2.26. The van der Waals surface area contributed by atoms with Crippen LogP contribution in [0.4, 0.5) is 0 Å². The zero-order valence-electron chi connectivity index (χ0n) is 11.2. The second-order valence-electron chi connectivity index (χ2n) is 4.85. The summed E-state index contributed by atoms with van der Waals surface area (Å²) in [6.45, 7) is 1.78. The average molecular weight is 264 g/mol. The molecule has 3 nitrogen and oxygen atoms in total. The van der Waals surface area contributed by atoms with Crippen LogP contribution >= 0.6 is 0 Å². The molecule has 1 heterocycles. The summed E-state index contributed by atoms with van der Waals surface area (Å²) in [5.41, 5.74) is 5.25. The Morgan fingerprint density at radius 3 is 2.35 bits per heavy atom. The highest BCUT2D eigenvalue weighted by atomic mass is 16.3. The smallest absolute Gasteiger partial charge is 0.0762 e. The summed E-state index contributed by atoms with van der Waals surface area (Å²) in [5, 5.41) is 16.6. The highest BCUT2D eigenvalue weighted by molar-refractivity contribution is 5.71. The lowest BCUT2D eigenvalue weighted by molar-refractivity contribution is 0.199. The highest BCUT2D eigenvalue weighted by Crippen LogP contribution is 2.27. The molecule has 0 amide bonds. The lowest BCUT2D eigenvalue weighted by atomic mass is 9.99. The molecule has 2 N–H and O–H groups in total. The number of aromatic nitrogens is 2. The summed E-state index contributed by atoms with van der Waals surface area (Å²) in [4.78, 5) is 0. The molecule has 1 unspecified atom stereocenters. The van der Waals surface area contributed by atoms with Crippen molar-refractivity contribution in [3.63, 3.8) is 0 Å². The molecule has 0 fully saturated rings. The Balaban J connectivity index is 2.02. The monoisotopic (exact) mass is 264 g/mol. The summed E-state index contributed by atoms with van der Waals surface area (Å²) in [6.07, 6.45) is 1.29. The van der Waals surface area contributed by atoms with Gasteiger partial charge in [-0.2, -0.15) is 5.10 Å². The van der Waals surface area contributed by atoms with Crippen molar-refractivity contribution < 1.29 is 5.11 Å². The summed E-state index contributed by atoms with van der Waals surface area (Å²) in [6, 6.07) is 18.2. The Morgan fingerprint density at radius 2 is 1.65 bits per heavy atom. The molecule has 3 rings (SSSR count). The fraction of sp³-hybridized carbons (Fsp3) is 0.118. The number of hydrogen-bond acceptors (Lipinski definition) is 2. The standard InChI is InChI=1S/C17H16N2O/c1-12(20)13-4-2-5-14(10-13)15-6-3-7-16(11-15)17-8-9-18-19-17/h2-12,20H,1H3,(H,18,19). The maximum absolute atomic E-state index is 9.69. The van der Waals surface area contributed by atoms with Gasteiger partial charge >= 0.3 is 0 Å². The molecule has 0 spiro atoms. The number of nitrogens with zero attached hydrogens (tertiary/aromatic N) is 1. The molecule has 0 bridgehead atoms. The lowest BCUT2D eigenvalue weighted by Gasteiger charge is -2.09. The van der Waals surface area contributed by atoms with Crippen LogP contribution in [0, 0.1) is 0 Å². The van der Waals surface area contributed by atoms with Crippen molar-refractivity contribution in [2.45, 2.75) is 13.0 Å². The summed E-state index contributed by atoms with van der Waals surface area (Å²) < 4.78 is 0. The van der Waals surface area contributed by atoms with Crippen molar-refractivity contribution in [1.82, 2.24) is 10.2 Å². The highest BCUT2D eigenvalue weighted by Gasteiger charge is 2.05. The number of H-pyrrole nitrogens is 1. The van der Waals surface area contributed by atoms with Gasteiger partial charge in [0.15, 0.2) is 0 Å². The SMILES string of the molecule is CC(O)c1cccc(-c2cccc(-c3ccn[nH]3)c2)c1. The quantitative estimate of drug-likeness (QED) is 0.756. The van der Waals surface area contributed by atoms with Gasteiger partial charge in [-0.15, -0.1) is 0 Å². The molecule has 0 aliphatic carbocycles. The number of aliphatic hydroxyl groups excluding tert-OH is 1. The number of aromatic amines is 1. The first-order valence-corrected chi connectivity index (χ1v) is 6.62. The largest absolute Gasteiger partial charge is 0.389 e. The van der Waals surface area contributed by atoms with Crippen molar-refractivity contribution in [1.29, 1.82) is 0 Å². The Morgan fingerprint density at radius 1 is 0.950 bits per heavy atom. The third kappa shape index (κ3) is 2.49. The molecule has 0 saturated carbocycles. The van der Waals surface area contributed by atoms with Gasteiger partial charge in [0.25, 0.3) is 0 Å². The molecule has 0 aliphatic rings. The molecular formula is C17H16N2O. The molecule has 0 saturated heterocycles. The second kappa shape index (κ2) is 5.31. The summed E-state index contributed by atoms with van der Waals surface area (Å²) >= 11 is 0. The zero-order valence-corrected chi connectivity index (χ0v) is 11.2. The van der Waals surface area contributed by atoms with Crippen molar-refractivity contribution in [3.8, 4) is 22.4 Å². The molecule has 100 valence electrons. The first-order valence-electron chi connectivity index (χ1n) is 6.62. The molecule has 0 radical (unpaired) electrons. The van der Waals surface area contributed by atoms with Gasteiger partial charge in [0, 0.05) is 11.8 Å². The van der Waals surface area contributed by atoms with E-state index in [0.29, 0.717) is 0 Å². The summed E-state index contributed by atoms with van der Waals surface area (Å²) in [7, 11) is 0. The predicted octanol–water partition coefficient (Wildman–Crippen LogP) is 3.80. The van der Waals surface area contributed by atoms with Crippen LogP contribution in [-0.2, 0) is 0 Å². The predicted molar refractivity (Wildman–Crippen MR) is 80.1 cm³/mol. The van der Waals surface area contributed by atoms with Gasteiger partial charge in [-0.1, -0.05) is 36.4 Å². The number of nitrogens with one attached hydrogen (secondary N) is 1. The number of aliphatic hydroxyl groups is 1. The second-order valence-corrected chi connectivity index (χ2v) is 4.85. The third-order valence-corrected chi connectivity index (χ3v) is 3.38. The molecule has 3 aromatic rings. The Hall–Kier alpha value is -2.39. The first-order chi connectivity index (χ1) is 9.74. The van der Waals surface area contributed by atoms with E-state index in [1.165, 1.54) is 0 Å². The molecule has 2 aromatic carbocycles. The molecule has 0 aliphatic heterocycles. The van der Waals surface area contributed by atoms with E-state index in [1.807, 2.05) is 30.3 Å². The zero-order chi connectivity index (χ0) is 13.9. The number of rotatable bonds is 3. The Bertz CT molecular complexity index is 703. The molecule has 1 atom stereocenters. The van der Waals surface area contributed by atoms with E-state index in [1.54, 1.807) is 13.1 Å². The van der Waals surface area contributed by atoms with Crippen molar-refractivity contribution in [3.05, 3.63) is 66.4 Å². The average Bonchev–Trinajstić information content (AvgIpc) is 3.02. The molecule has 20 heavy (non-hydrogen) atoms. The fourth-order valence-electron chi connectivity index (χ4n) is 2.26. The van der Waals surface area contributed by atoms with E-state index in [9.17, 15) is 5.11 Å². The maximum atomic E-state index is 9.69. The Kier molecular flexibility index (Phi) is 3.35. The van der Waals surface area contributed by atoms with Gasteiger partial charge in [-0.3, -0.25) is 5.10 Å². The third-order valence-electron chi connectivity index (χ3n) is 3.38. The normalized spacial score (nSPS) is 12.3. The van der Waals surface area contributed by atoms with Crippen LogP contribution in [0.3, 0.4) is 0 Å². The topological polar surface area (TPSA) is 48.9 Å². The van der Waals surface area contributed by atoms with Crippen LogP contribution in [0.1, 0.15) is 18.6 Å². The van der Waals surface area contributed by atoms with E-state index in [-0.39, 0.29) is 0 Å². The maximum Gasteiger partial charge on any atom is 0.0762 e. The number of benzene rings is 2. The van der Waals surface area contributed by atoms with Crippen molar-refractivity contribution in [2.75, 3.05) is 0 Å².